The highest BCUT2D eigenvalue weighted by atomic mass is 32.2. The Morgan fingerprint density at radius 2 is 1.79 bits per heavy atom. The SMILES string of the molecule is CCc1cc(-c2ccc(CS(=O)(=O)CCC(C)(F)F)c(F)c2)nc2cnc(NC3CCC(N(C)C)CC3)nc12. The standard InChI is InChI=1S/C28H36F3N5O2S/c1-5-18-15-24(19-6-7-20(23(29)14-19)17-39(37,38)13-12-28(2,30)31)34-25-16-32-27(35-26(18)25)33-21-8-10-22(11-9-21)36(3)4/h6-7,14-16,21-22H,5,8-13,17H2,1-4H3,(H,32,33,35). The summed E-state index contributed by atoms with van der Waals surface area (Å²) in [4.78, 5) is 16.2. The Bertz CT molecular complexity index is 1420. The number of nitrogens with zero attached hydrogens (tertiary/aromatic N) is 4. The fraction of sp³-hybridized carbons (Fsp3) is 0.536. The highest BCUT2D eigenvalue weighted by molar-refractivity contribution is 7.90. The number of fused-ring (bicyclic) bond motifs is 1. The lowest BCUT2D eigenvalue weighted by atomic mass is 9.91. The monoisotopic (exact) mass is 563 g/mol. The van der Waals surface area contributed by atoms with Gasteiger partial charge in [0.25, 0.3) is 0 Å². The first kappa shape index (κ1) is 29.2. The van der Waals surface area contributed by atoms with Crippen LogP contribution in [0.1, 0.15) is 57.1 Å². The third-order valence-electron chi connectivity index (χ3n) is 7.34. The Kier molecular flexibility index (Phi) is 8.80. The molecule has 0 saturated heterocycles. The predicted molar refractivity (Wildman–Crippen MR) is 148 cm³/mol. The molecule has 1 aromatic carbocycles. The third-order valence-corrected chi connectivity index (χ3v) is 8.92. The summed E-state index contributed by atoms with van der Waals surface area (Å²) in [5.41, 5.74) is 3.18. The Morgan fingerprint density at radius 1 is 1.08 bits per heavy atom. The molecule has 2 aromatic heterocycles. The zero-order valence-corrected chi connectivity index (χ0v) is 23.7. The van der Waals surface area contributed by atoms with Crippen LogP contribution >= 0.6 is 0 Å². The van der Waals surface area contributed by atoms with Crippen molar-refractivity contribution in [3.8, 4) is 11.3 Å². The van der Waals surface area contributed by atoms with Crippen molar-refractivity contribution in [1.82, 2.24) is 19.9 Å². The fourth-order valence-electron chi connectivity index (χ4n) is 4.96. The number of anilines is 1. The van der Waals surface area contributed by atoms with Crippen molar-refractivity contribution < 1.29 is 21.6 Å². The lowest BCUT2D eigenvalue weighted by molar-refractivity contribution is 0.0189. The molecule has 2 heterocycles. The molecule has 11 heteroatoms. The van der Waals surface area contributed by atoms with Crippen LogP contribution in [0.25, 0.3) is 22.3 Å². The summed E-state index contributed by atoms with van der Waals surface area (Å²) in [6, 6.07) is 6.98. The predicted octanol–water partition coefficient (Wildman–Crippen LogP) is 5.64. The van der Waals surface area contributed by atoms with Gasteiger partial charge in [0.15, 0.2) is 9.84 Å². The molecule has 39 heavy (non-hydrogen) atoms. The largest absolute Gasteiger partial charge is 0.351 e. The fourth-order valence-corrected chi connectivity index (χ4v) is 6.48. The summed E-state index contributed by atoms with van der Waals surface area (Å²) in [6.07, 6.45) is 5.90. The van der Waals surface area contributed by atoms with Crippen LogP contribution < -0.4 is 5.32 Å². The Hall–Kier alpha value is -2.79. The molecule has 0 atom stereocenters. The number of nitrogens with one attached hydrogen (secondary N) is 1. The van der Waals surface area contributed by atoms with Gasteiger partial charge in [-0.3, -0.25) is 0 Å². The number of hydrogen-bond acceptors (Lipinski definition) is 7. The number of pyridine rings is 1. The molecule has 0 amide bonds. The van der Waals surface area contributed by atoms with Gasteiger partial charge in [-0.2, -0.15) is 0 Å². The molecule has 1 aliphatic rings. The molecular weight excluding hydrogens is 527 g/mol. The van der Waals surface area contributed by atoms with E-state index in [1.165, 1.54) is 12.1 Å². The highest BCUT2D eigenvalue weighted by Crippen LogP contribution is 2.28. The quantitative estimate of drug-likeness (QED) is 0.342. The van der Waals surface area contributed by atoms with Gasteiger partial charge in [0.2, 0.25) is 11.9 Å². The van der Waals surface area contributed by atoms with Gasteiger partial charge in [0, 0.05) is 29.6 Å². The maximum Gasteiger partial charge on any atom is 0.246 e. The smallest absolute Gasteiger partial charge is 0.246 e. The van der Waals surface area contributed by atoms with Crippen LogP contribution in [0.2, 0.25) is 0 Å². The van der Waals surface area contributed by atoms with Crippen molar-refractivity contribution in [2.75, 3.05) is 25.2 Å². The molecule has 212 valence electrons. The highest BCUT2D eigenvalue weighted by Gasteiger charge is 2.26. The van der Waals surface area contributed by atoms with E-state index in [0.717, 1.165) is 36.8 Å². The molecule has 1 N–H and O–H groups in total. The zero-order valence-electron chi connectivity index (χ0n) is 22.8. The molecule has 1 aliphatic carbocycles. The first-order valence-corrected chi connectivity index (χ1v) is 15.1. The van der Waals surface area contributed by atoms with Crippen LogP contribution in [0.3, 0.4) is 0 Å². The van der Waals surface area contributed by atoms with Gasteiger partial charge in [-0.25, -0.2) is 36.5 Å². The number of aromatic nitrogens is 3. The van der Waals surface area contributed by atoms with Crippen LogP contribution in [0, 0.1) is 5.82 Å². The van der Waals surface area contributed by atoms with Crippen molar-refractivity contribution in [3.63, 3.8) is 0 Å². The summed E-state index contributed by atoms with van der Waals surface area (Å²) in [6.45, 7) is 2.67. The van der Waals surface area contributed by atoms with Crippen molar-refractivity contribution in [1.29, 1.82) is 0 Å². The molecule has 7 nitrogen and oxygen atoms in total. The van der Waals surface area contributed by atoms with Gasteiger partial charge in [0.05, 0.1) is 28.9 Å². The summed E-state index contributed by atoms with van der Waals surface area (Å²) < 4.78 is 65.6. The first-order chi connectivity index (χ1) is 18.3. The maximum atomic E-state index is 14.9. The van der Waals surface area contributed by atoms with E-state index in [-0.39, 0.29) is 5.56 Å². The second kappa shape index (κ2) is 11.8. The van der Waals surface area contributed by atoms with Gasteiger partial charge in [-0.05, 0) is 70.8 Å². The summed E-state index contributed by atoms with van der Waals surface area (Å²) >= 11 is 0. The minimum absolute atomic E-state index is 0.0617. The molecule has 3 aromatic rings. The summed E-state index contributed by atoms with van der Waals surface area (Å²) in [7, 11) is 0.345. The zero-order chi connectivity index (χ0) is 28.4. The van der Waals surface area contributed by atoms with Gasteiger partial charge in [0.1, 0.15) is 11.3 Å². The Labute approximate surface area is 228 Å². The molecule has 0 aliphatic heterocycles. The van der Waals surface area contributed by atoms with Gasteiger partial charge >= 0.3 is 0 Å². The van der Waals surface area contributed by atoms with E-state index >= 15 is 0 Å². The molecule has 0 radical (unpaired) electrons. The van der Waals surface area contributed by atoms with E-state index in [1.807, 2.05) is 13.0 Å². The third kappa shape index (κ3) is 7.66. The van der Waals surface area contributed by atoms with E-state index in [4.69, 9.17) is 4.98 Å². The average Bonchev–Trinajstić information content (AvgIpc) is 2.88. The average molecular weight is 564 g/mol. The number of aryl methyl sites for hydroxylation is 1. The van der Waals surface area contributed by atoms with Gasteiger partial charge in [-0.15, -0.1) is 0 Å². The van der Waals surface area contributed by atoms with Crippen LogP contribution in [0.15, 0.2) is 30.5 Å². The molecule has 0 bridgehead atoms. The second-order valence-corrected chi connectivity index (χ2v) is 13.0. The summed E-state index contributed by atoms with van der Waals surface area (Å²) in [5.74, 6) is -4.60. The van der Waals surface area contributed by atoms with Gasteiger partial charge < -0.3 is 10.2 Å². The minimum Gasteiger partial charge on any atom is -0.351 e. The lowest BCUT2D eigenvalue weighted by Gasteiger charge is -2.32. The van der Waals surface area contributed by atoms with Crippen LogP contribution in [0.4, 0.5) is 19.1 Å². The van der Waals surface area contributed by atoms with E-state index in [1.54, 1.807) is 12.3 Å². The first-order valence-electron chi connectivity index (χ1n) is 13.3. The van der Waals surface area contributed by atoms with E-state index in [2.05, 4.69) is 34.3 Å². The summed E-state index contributed by atoms with van der Waals surface area (Å²) in [5, 5.41) is 3.47. The maximum absolute atomic E-state index is 14.9. The molecular formula is C28H36F3N5O2S. The van der Waals surface area contributed by atoms with Crippen molar-refractivity contribution in [2.24, 2.45) is 0 Å². The molecule has 1 saturated carbocycles. The van der Waals surface area contributed by atoms with Crippen LogP contribution in [0.5, 0.6) is 0 Å². The van der Waals surface area contributed by atoms with E-state index < -0.39 is 39.5 Å². The topological polar surface area (TPSA) is 88.1 Å². The van der Waals surface area contributed by atoms with E-state index in [0.29, 0.717) is 48.2 Å². The normalized spacial score (nSPS) is 18.6. The van der Waals surface area contributed by atoms with Crippen molar-refractivity contribution >= 4 is 26.8 Å². The lowest BCUT2D eigenvalue weighted by Crippen LogP contribution is -2.36. The number of hydrogen-bond donors (Lipinski definition) is 1. The van der Waals surface area contributed by atoms with Crippen LogP contribution in [-0.4, -0.2) is 66.1 Å². The Balaban J connectivity index is 1.52. The number of rotatable bonds is 10. The number of sulfone groups is 1. The van der Waals surface area contributed by atoms with Crippen molar-refractivity contribution in [2.45, 2.75) is 76.1 Å². The minimum atomic E-state index is -3.89. The Morgan fingerprint density at radius 3 is 2.41 bits per heavy atom. The molecule has 0 unspecified atom stereocenters. The van der Waals surface area contributed by atoms with E-state index in [9.17, 15) is 21.6 Å². The second-order valence-electron chi connectivity index (χ2n) is 10.8. The molecule has 0 spiro atoms. The van der Waals surface area contributed by atoms with Crippen molar-refractivity contribution in [3.05, 3.63) is 47.4 Å². The number of benzene rings is 1. The number of halogens is 3. The van der Waals surface area contributed by atoms with Gasteiger partial charge in [-0.1, -0.05) is 19.1 Å². The molecule has 4 rings (SSSR count). The van der Waals surface area contributed by atoms with Crippen LogP contribution in [-0.2, 0) is 22.0 Å². The molecule has 1 fully saturated rings. The number of alkyl halides is 2.